The van der Waals surface area contributed by atoms with Gasteiger partial charge in [0.2, 0.25) is 0 Å². The van der Waals surface area contributed by atoms with Gasteiger partial charge in [0.1, 0.15) is 0 Å². The van der Waals surface area contributed by atoms with Crippen LogP contribution in [-0.2, 0) is 0 Å². The molecule has 0 saturated heterocycles. The molecule has 0 unspecified atom stereocenters. The van der Waals surface area contributed by atoms with Crippen molar-refractivity contribution in [1.29, 1.82) is 0 Å². The Labute approximate surface area is 136 Å². The highest BCUT2D eigenvalue weighted by Gasteiger charge is 2.55. The van der Waals surface area contributed by atoms with Crippen LogP contribution in [0.3, 0.4) is 0 Å². The van der Waals surface area contributed by atoms with Crippen LogP contribution >= 0.6 is 0 Å². The fourth-order valence-corrected chi connectivity index (χ4v) is 3.61. The fourth-order valence-electron chi connectivity index (χ4n) is 3.61. The van der Waals surface area contributed by atoms with Gasteiger partial charge in [0, 0.05) is 23.3 Å². The normalized spacial score (nSPS) is 22.5. The first-order valence-electron chi connectivity index (χ1n) is 8.05. The molecule has 23 heavy (non-hydrogen) atoms. The van der Waals surface area contributed by atoms with Crippen LogP contribution < -0.4 is 0 Å². The maximum absolute atomic E-state index is 13.0. The van der Waals surface area contributed by atoms with Crippen molar-refractivity contribution in [3.05, 3.63) is 108 Å². The molecule has 1 aliphatic rings. The summed E-state index contributed by atoms with van der Waals surface area (Å²) >= 11 is 0. The van der Waals surface area contributed by atoms with Crippen LogP contribution in [0.2, 0.25) is 0 Å². The monoisotopic (exact) mass is 298 g/mol. The largest absolute Gasteiger partial charge is 0.294 e. The van der Waals surface area contributed by atoms with E-state index in [1.807, 2.05) is 42.5 Å². The molecule has 0 spiro atoms. The van der Waals surface area contributed by atoms with Gasteiger partial charge in [-0.25, -0.2) is 0 Å². The maximum atomic E-state index is 13.0. The van der Waals surface area contributed by atoms with E-state index in [1.165, 1.54) is 11.1 Å². The summed E-state index contributed by atoms with van der Waals surface area (Å²) in [5.41, 5.74) is 3.34. The van der Waals surface area contributed by atoms with E-state index in [9.17, 15) is 4.79 Å². The minimum Gasteiger partial charge on any atom is -0.294 e. The van der Waals surface area contributed by atoms with Crippen LogP contribution in [0, 0.1) is 5.92 Å². The van der Waals surface area contributed by atoms with Crippen molar-refractivity contribution < 1.29 is 4.79 Å². The Morgan fingerprint density at radius 2 is 0.957 bits per heavy atom. The molecule has 0 amide bonds. The van der Waals surface area contributed by atoms with Crippen molar-refractivity contribution in [2.24, 2.45) is 5.92 Å². The Bertz CT molecular complexity index is 748. The van der Waals surface area contributed by atoms with Gasteiger partial charge in [-0.1, -0.05) is 91.0 Å². The van der Waals surface area contributed by atoms with Crippen LogP contribution in [0.4, 0.5) is 0 Å². The minimum atomic E-state index is 0.0437. The highest BCUT2D eigenvalue weighted by atomic mass is 16.1. The summed E-state index contributed by atoms with van der Waals surface area (Å²) in [7, 11) is 0. The topological polar surface area (TPSA) is 17.1 Å². The zero-order chi connectivity index (χ0) is 15.6. The first-order valence-corrected chi connectivity index (χ1v) is 8.05. The molecule has 0 N–H and O–H groups in total. The first-order chi connectivity index (χ1) is 11.4. The van der Waals surface area contributed by atoms with E-state index in [1.54, 1.807) is 0 Å². The SMILES string of the molecule is O=C(c1ccccc1)C1[C@@H](c2ccccc2)[C@@H]1c1ccccc1. The lowest BCUT2D eigenvalue weighted by Gasteiger charge is -2.00. The predicted octanol–water partition coefficient (Wildman–Crippen LogP) is 5.07. The minimum absolute atomic E-state index is 0.0437. The van der Waals surface area contributed by atoms with Crippen molar-refractivity contribution in [3.8, 4) is 0 Å². The molecule has 4 rings (SSSR count). The summed E-state index contributed by atoms with van der Waals surface area (Å²) < 4.78 is 0. The van der Waals surface area contributed by atoms with Crippen LogP contribution in [0.5, 0.6) is 0 Å². The lowest BCUT2D eigenvalue weighted by molar-refractivity contribution is 0.0963. The molecule has 1 fully saturated rings. The van der Waals surface area contributed by atoms with Gasteiger partial charge in [-0.05, 0) is 11.1 Å². The summed E-state index contributed by atoms with van der Waals surface area (Å²) in [4.78, 5) is 13.0. The number of hydrogen-bond donors (Lipinski definition) is 0. The lowest BCUT2D eigenvalue weighted by Crippen LogP contribution is -2.03. The van der Waals surface area contributed by atoms with Crippen LogP contribution in [0.1, 0.15) is 33.3 Å². The van der Waals surface area contributed by atoms with Gasteiger partial charge in [0.15, 0.2) is 5.78 Å². The molecule has 2 atom stereocenters. The van der Waals surface area contributed by atoms with Crippen molar-refractivity contribution in [2.45, 2.75) is 11.8 Å². The Balaban J connectivity index is 1.70. The molecule has 0 bridgehead atoms. The second kappa shape index (κ2) is 5.85. The van der Waals surface area contributed by atoms with Crippen LogP contribution in [-0.4, -0.2) is 5.78 Å². The molecular weight excluding hydrogens is 280 g/mol. The van der Waals surface area contributed by atoms with Crippen molar-refractivity contribution >= 4 is 5.78 Å². The molecule has 1 aliphatic carbocycles. The highest BCUT2D eigenvalue weighted by Crippen LogP contribution is 2.61. The van der Waals surface area contributed by atoms with Crippen LogP contribution in [0.15, 0.2) is 91.0 Å². The molecule has 112 valence electrons. The number of benzene rings is 3. The van der Waals surface area contributed by atoms with E-state index >= 15 is 0 Å². The lowest BCUT2D eigenvalue weighted by atomic mass is 10.0. The summed E-state index contributed by atoms with van der Waals surface area (Å²) in [6, 6.07) is 30.5. The molecule has 0 aromatic heterocycles. The third kappa shape index (κ3) is 2.59. The Hall–Kier alpha value is -2.67. The molecule has 3 aromatic rings. The third-order valence-electron chi connectivity index (χ3n) is 4.75. The van der Waals surface area contributed by atoms with E-state index < -0.39 is 0 Å². The van der Waals surface area contributed by atoms with Gasteiger partial charge in [-0.3, -0.25) is 4.79 Å². The first kappa shape index (κ1) is 14.0. The predicted molar refractivity (Wildman–Crippen MR) is 92.6 cm³/mol. The molecule has 1 nitrogen and oxygen atoms in total. The van der Waals surface area contributed by atoms with Crippen LogP contribution in [0.25, 0.3) is 0 Å². The molecule has 1 saturated carbocycles. The summed E-state index contributed by atoms with van der Waals surface area (Å²) in [6.07, 6.45) is 0. The number of ketones is 1. The van der Waals surface area contributed by atoms with E-state index in [0.717, 1.165) is 5.56 Å². The average Bonchev–Trinajstić information content (AvgIpc) is 3.39. The molecule has 0 heterocycles. The molecule has 0 aliphatic heterocycles. The third-order valence-corrected chi connectivity index (χ3v) is 4.75. The van der Waals surface area contributed by atoms with E-state index in [4.69, 9.17) is 0 Å². The van der Waals surface area contributed by atoms with Gasteiger partial charge in [-0.2, -0.15) is 0 Å². The van der Waals surface area contributed by atoms with E-state index in [-0.39, 0.29) is 23.5 Å². The van der Waals surface area contributed by atoms with Crippen molar-refractivity contribution in [3.63, 3.8) is 0 Å². The second-order valence-corrected chi connectivity index (χ2v) is 6.13. The Morgan fingerprint density at radius 1 is 0.565 bits per heavy atom. The number of carbonyl (C=O) groups excluding carboxylic acids is 1. The molecule has 3 aromatic carbocycles. The average molecular weight is 298 g/mol. The van der Waals surface area contributed by atoms with Gasteiger partial charge >= 0.3 is 0 Å². The van der Waals surface area contributed by atoms with E-state index in [0.29, 0.717) is 0 Å². The Kier molecular flexibility index (Phi) is 3.55. The maximum Gasteiger partial charge on any atom is 0.167 e. The Morgan fingerprint density at radius 3 is 1.39 bits per heavy atom. The van der Waals surface area contributed by atoms with E-state index in [2.05, 4.69) is 48.5 Å². The standard InChI is InChI=1S/C22H18O/c23-22(18-14-8-3-9-15-18)21-19(16-10-4-1-5-11-16)20(21)17-12-6-2-7-13-17/h1-15,19-21H/t19-,20-/m0/s1. The number of carbonyl (C=O) groups is 1. The summed E-state index contributed by atoms with van der Waals surface area (Å²) in [5, 5.41) is 0. The van der Waals surface area contributed by atoms with Gasteiger partial charge in [0.25, 0.3) is 0 Å². The molecular formula is C22H18O. The fraction of sp³-hybridized carbons (Fsp3) is 0.136. The zero-order valence-electron chi connectivity index (χ0n) is 12.8. The van der Waals surface area contributed by atoms with Gasteiger partial charge in [-0.15, -0.1) is 0 Å². The van der Waals surface area contributed by atoms with Gasteiger partial charge in [0.05, 0.1) is 0 Å². The zero-order valence-corrected chi connectivity index (χ0v) is 12.8. The van der Waals surface area contributed by atoms with Gasteiger partial charge < -0.3 is 0 Å². The number of Topliss-reactive ketones (excluding diaryl/α,β-unsaturated/α-hetero) is 1. The molecule has 0 radical (unpaired) electrons. The highest BCUT2D eigenvalue weighted by molar-refractivity contribution is 6.01. The molecule has 1 heteroatoms. The number of hydrogen-bond acceptors (Lipinski definition) is 1. The smallest absolute Gasteiger partial charge is 0.167 e. The van der Waals surface area contributed by atoms with Crippen molar-refractivity contribution in [1.82, 2.24) is 0 Å². The van der Waals surface area contributed by atoms with Crippen molar-refractivity contribution in [2.75, 3.05) is 0 Å². The summed E-state index contributed by atoms with van der Waals surface area (Å²) in [5.74, 6) is 0.869. The summed E-state index contributed by atoms with van der Waals surface area (Å²) in [6.45, 7) is 0. The quantitative estimate of drug-likeness (QED) is 0.615. The second-order valence-electron chi connectivity index (χ2n) is 6.13. The number of rotatable bonds is 4.